The lowest BCUT2D eigenvalue weighted by molar-refractivity contribution is -0.138. The Kier molecular flexibility index (Phi) is 5.19. The van der Waals surface area contributed by atoms with E-state index < -0.39 is 0 Å². The number of benzene rings is 1. The molecular weight excluding hydrogens is 302 g/mol. The van der Waals surface area contributed by atoms with Gasteiger partial charge in [0.2, 0.25) is 11.8 Å². The summed E-state index contributed by atoms with van der Waals surface area (Å²) in [5.41, 5.74) is 7.10. The summed E-state index contributed by atoms with van der Waals surface area (Å²) < 4.78 is 0. The van der Waals surface area contributed by atoms with E-state index in [1.807, 2.05) is 17.0 Å². The second-order valence-electron chi connectivity index (χ2n) is 7.16. The molecule has 0 bridgehead atoms. The van der Waals surface area contributed by atoms with Gasteiger partial charge in [0.05, 0.1) is 0 Å². The Hall–Kier alpha value is -1.88. The van der Waals surface area contributed by atoms with Crippen LogP contribution in [0.1, 0.15) is 47.5 Å². The van der Waals surface area contributed by atoms with Crippen LogP contribution in [0.4, 0.5) is 0 Å². The predicted octanol–water partition coefficient (Wildman–Crippen LogP) is 1.83. The second kappa shape index (κ2) is 7.34. The molecule has 130 valence electrons. The molecule has 0 aromatic heterocycles. The molecule has 5 heteroatoms. The fourth-order valence-corrected chi connectivity index (χ4v) is 3.88. The Bertz CT molecular complexity index is 583. The molecule has 1 aromatic carbocycles. The molecule has 2 fully saturated rings. The van der Waals surface area contributed by atoms with Gasteiger partial charge in [-0.25, -0.2) is 0 Å². The number of nitrogens with two attached hydrogens (primary N) is 1. The molecule has 0 radical (unpaired) electrons. The van der Waals surface area contributed by atoms with Crippen LogP contribution in [0.25, 0.3) is 0 Å². The highest BCUT2D eigenvalue weighted by Gasteiger charge is 2.31. The lowest BCUT2D eigenvalue weighted by Gasteiger charge is -2.36. The Balaban J connectivity index is 1.53. The van der Waals surface area contributed by atoms with E-state index in [-0.39, 0.29) is 11.8 Å². The topological polar surface area (TPSA) is 66.6 Å². The van der Waals surface area contributed by atoms with Crippen LogP contribution in [0.2, 0.25) is 0 Å². The summed E-state index contributed by atoms with van der Waals surface area (Å²) in [5, 5.41) is 0. The van der Waals surface area contributed by atoms with E-state index in [2.05, 4.69) is 11.9 Å². The summed E-state index contributed by atoms with van der Waals surface area (Å²) >= 11 is 0. The average molecular weight is 329 g/mol. The zero-order valence-electron chi connectivity index (χ0n) is 14.4. The largest absolute Gasteiger partial charge is 0.366 e. The number of hydrogen-bond acceptors (Lipinski definition) is 3. The maximum atomic E-state index is 12.7. The molecule has 2 amide bonds. The van der Waals surface area contributed by atoms with Crippen molar-refractivity contribution < 1.29 is 9.59 Å². The van der Waals surface area contributed by atoms with E-state index >= 15 is 0 Å². The summed E-state index contributed by atoms with van der Waals surface area (Å²) in [4.78, 5) is 28.2. The van der Waals surface area contributed by atoms with Crippen LogP contribution in [0.15, 0.2) is 24.3 Å². The summed E-state index contributed by atoms with van der Waals surface area (Å²) in [6.45, 7) is 3.69. The Morgan fingerprint density at radius 1 is 0.958 bits per heavy atom. The molecule has 1 aromatic rings. The molecule has 1 saturated heterocycles. The minimum atomic E-state index is -0.386. The fourth-order valence-electron chi connectivity index (χ4n) is 3.88. The smallest absolute Gasteiger partial charge is 0.248 e. The van der Waals surface area contributed by atoms with E-state index in [0.29, 0.717) is 17.4 Å². The third-order valence-electron chi connectivity index (χ3n) is 5.56. The summed E-state index contributed by atoms with van der Waals surface area (Å²) in [6.07, 6.45) is 4.01. The molecule has 0 atom stereocenters. The lowest BCUT2D eigenvalue weighted by Crippen LogP contribution is -2.49. The van der Waals surface area contributed by atoms with Crippen molar-refractivity contribution in [2.45, 2.75) is 31.6 Å². The van der Waals surface area contributed by atoms with Gasteiger partial charge in [-0.1, -0.05) is 12.1 Å². The van der Waals surface area contributed by atoms with Crippen molar-refractivity contribution in [1.29, 1.82) is 0 Å². The van der Waals surface area contributed by atoms with Crippen molar-refractivity contribution in [2.24, 2.45) is 11.7 Å². The average Bonchev–Trinajstić information content (AvgIpc) is 2.62. The van der Waals surface area contributed by atoms with E-state index in [9.17, 15) is 9.59 Å². The molecule has 1 aliphatic carbocycles. The summed E-state index contributed by atoms with van der Waals surface area (Å²) in [5.74, 6) is 0.645. The van der Waals surface area contributed by atoms with Crippen LogP contribution in [0.5, 0.6) is 0 Å². The van der Waals surface area contributed by atoms with Gasteiger partial charge in [-0.3, -0.25) is 9.59 Å². The van der Waals surface area contributed by atoms with E-state index in [0.717, 1.165) is 51.9 Å². The summed E-state index contributed by atoms with van der Waals surface area (Å²) in [7, 11) is 2.11. The number of amides is 2. The first-order valence-corrected chi connectivity index (χ1v) is 8.91. The monoisotopic (exact) mass is 329 g/mol. The van der Waals surface area contributed by atoms with Gasteiger partial charge in [0.25, 0.3) is 0 Å². The van der Waals surface area contributed by atoms with Gasteiger partial charge in [0, 0.05) is 37.7 Å². The Labute approximate surface area is 143 Å². The SMILES string of the molecule is CN1CCN(C(=O)C2CCC(c3ccc(C(N)=O)cc3)CC2)CC1. The molecule has 24 heavy (non-hydrogen) atoms. The van der Waals surface area contributed by atoms with Gasteiger partial charge in [-0.2, -0.15) is 0 Å². The first kappa shape index (κ1) is 17.0. The normalized spacial score (nSPS) is 25.5. The molecule has 1 saturated carbocycles. The molecule has 2 aliphatic rings. The van der Waals surface area contributed by atoms with E-state index in [1.165, 1.54) is 5.56 Å². The Morgan fingerprint density at radius 3 is 2.08 bits per heavy atom. The number of rotatable bonds is 3. The molecule has 1 aliphatic heterocycles. The number of carbonyl (C=O) groups excluding carboxylic acids is 2. The molecular formula is C19H27N3O2. The lowest BCUT2D eigenvalue weighted by atomic mass is 9.78. The van der Waals surface area contributed by atoms with Crippen molar-refractivity contribution in [2.75, 3.05) is 33.2 Å². The van der Waals surface area contributed by atoms with E-state index in [1.54, 1.807) is 12.1 Å². The van der Waals surface area contributed by atoms with Crippen molar-refractivity contribution >= 4 is 11.8 Å². The number of likely N-dealkylation sites (N-methyl/N-ethyl adjacent to an activating group) is 1. The molecule has 1 heterocycles. The highest BCUT2D eigenvalue weighted by atomic mass is 16.2. The predicted molar refractivity (Wildman–Crippen MR) is 93.7 cm³/mol. The minimum Gasteiger partial charge on any atom is -0.366 e. The van der Waals surface area contributed by atoms with Crippen LogP contribution in [-0.2, 0) is 4.79 Å². The molecule has 0 unspecified atom stereocenters. The molecule has 5 nitrogen and oxygen atoms in total. The standard InChI is InChI=1S/C19H27N3O2/c1-21-10-12-22(13-11-21)19(24)17-8-4-15(5-9-17)14-2-6-16(7-3-14)18(20)23/h2-3,6-7,15,17H,4-5,8-13H2,1H3,(H2,20,23). The van der Waals surface area contributed by atoms with Crippen LogP contribution in [-0.4, -0.2) is 54.8 Å². The number of piperazine rings is 1. The zero-order chi connectivity index (χ0) is 17.1. The molecule has 3 rings (SSSR count). The maximum absolute atomic E-state index is 12.7. The third-order valence-corrected chi connectivity index (χ3v) is 5.56. The zero-order valence-corrected chi connectivity index (χ0v) is 14.4. The van der Waals surface area contributed by atoms with Gasteiger partial charge in [-0.05, 0) is 56.3 Å². The second-order valence-corrected chi connectivity index (χ2v) is 7.16. The van der Waals surface area contributed by atoms with Crippen molar-refractivity contribution in [3.63, 3.8) is 0 Å². The van der Waals surface area contributed by atoms with Crippen molar-refractivity contribution in [1.82, 2.24) is 9.80 Å². The van der Waals surface area contributed by atoms with Gasteiger partial charge < -0.3 is 15.5 Å². The van der Waals surface area contributed by atoms with Crippen molar-refractivity contribution in [3.8, 4) is 0 Å². The first-order chi connectivity index (χ1) is 11.5. The Morgan fingerprint density at radius 2 is 1.54 bits per heavy atom. The van der Waals surface area contributed by atoms with Gasteiger partial charge >= 0.3 is 0 Å². The first-order valence-electron chi connectivity index (χ1n) is 8.91. The van der Waals surface area contributed by atoms with Gasteiger partial charge in [-0.15, -0.1) is 0 Å². The van der Waals surface area contributed by atoms with Gasteiger partial charge in [0.1, 0.15) is 0 Å². The fraction of sp³-hybridized carbons (Fsp3) is 0.579. The number of carbonyl (C=O) groups is 2. The number of hydrogen-bond donors (Lipinski definition) is 1. The number of primary amides is 1. The van der Waals surface area contributed by atoms with Crippen LogP contribution in [0.3, 0.4) is 0 Å². The van der Waals surface area contributed by atoms with Gasteiger partial charge in [0.15, 0.2) is 0 Å². The van der Waals surface area contributed by atoms with Crippen LogP contribution < -0.4 is 5.73 Å². The van der Waals surface area contributed by atoms with Crippen molar-refractivity contribution in [3.05, 3.63) is 35.4 Å². The summed E-state index contributed by atoms with van der Waals surface area (Å²) in [6, 6.07) is 7.62. The molecule has 2 N–H and O–H groups in total. The van der Waals surface area contributed by atoms with Crippen LogP contribution in [0, 0.1) is 5.92 Å². The number of nitrogens with zero attached hydrogens (tertiary/aromatic N) is 2. The maximum Gasteiger partial charge on any atom is 0.248 e. The quantitative estimate of drug-likeness (QED) is 0.920. The minimum absolute atomic E-state index is 0.189. The highest BCUT2D eigenvalue weighted by molar-refractivity contribution is 5.92. The highest BCUT2D eigenvalue weighted by Crippen LogP contribution is 2.36. The van der Waals surface area contributed by atoms with E-state index in [4.69, 9.17) is 5.73 Å². The molecule has 0 spiro atoms. The third kappa shape index (κ3) is 3.78. The van der Waals surface area contributed by atoms with Crippen LogP contribution >= 0.6 is 0 Å².